The summed E-state index contributed by atoms with van der Waals surface area (Å²) in [5, 5.41) is 0. The molecule has 0 aliphatic heterocycles. The average Bonchev–Trinajstić information content (AvgIpc) is 2.37. The Kier molecular flexibility index (Phi) is 3.71. The molecule has 2 rings (SSSR count). The topological polar surface area (TPSA) is 46.3 Å². The molecule has 18 heavy (non-hydrogen) atoms. The van der Waals surface area contributed by atoms with Gasteiger partial charge < -0.3 is 10.6 Å². The number of benzene rings is 1. The van der Waals surface area contributed by atoms with Gasteiger partial charge in [-0.2, -0.15) is 0 Å². The van der Waals surface area contributed by atoms with Gasteiger partial charge in [0, 0.05) is 13.6 Å². The molecular weight excluding hydrogens is 224 g/mol. The normalized spacial score (nSPS) is 18.8. The summed E-state index contributed by atoms with van der Waals surface area (Å²) in [6.45, 7) is 2.54. The minimum Gasteiger partial charge on any atom is -0.338 e. The highest BCUT2D eigenvalue weighted by atomic mass is 16.2. The van der Waals surface area contributed by atoms with E-state index in [2.05, 4.69) is 19.1 Å². The van der Waals surface area contributed by atoms with Gasteiger partial charge in [-0.25, -0.2) is 0 Å². The fraction of sp³-hybridized carbons (Fsp3) is 0.533. The molecule has 3 nitrogen and oxygen atoms in total. The lowest BCUT2D eigenvalue weighted by molar-refractivity contribution is -0.147. The van der Waals surface area contributed by atoms with Crippen molar-refractivity contribution >= 4 is 5.91 Å². The summed E-state index contributed by atoms with van der Waals surface area (Å²) in [6, 6.07) is 10.2. The van der Waals surface area contributed by atoms with Crippen LogP contribution in [0.15, 0.2) is 30.3 Å². The molecule has 1 unspecified atom stereocenters. The zero-order valence-corrected chi connectivity index (χ0v) is 11.2. The van der Waals surface area contributed by atoms with Gasteiger partial charge in [-0.3, -0.25) is 4.79 Å². The second-order valence-electron chi connectivity index (χ2n) is 5.34. The number of nitrogens with two attached hydrogens (primary N) is 1. The number of amides is 1. The predicted octanol–water partition coefficient (Wildman–Crippen LogP) is 2.33. The maximum absolute atomic E-state index is 12.5. The van der Waals surface area contributed by atoms with Gasteiger partial charge in [0.15, 0.2) is 0 Å². The van der Waals surface area contributed by atoms with E-state index in [1.165, 1.54) is 5.56 Å². The van der Waals surface area contributed by atoms with Gasteiger partial charge in [0.25, 0.3) is 0 Å². The molecule has 1 amide bonds. The number of rotatable bonds is 4. The first kappa shape index (κ1) is 13.1. The maximum atomic E-state index is 12.5. The molecule has 98 valence electrons. The van der Waals surface area contributed by atoms with Gasteiger partial charge in [0.2, 0.25) is 5.91 Å². The molecule has 0 bridgehead atoms. The van der Waals surface area contributed by atoms with Crippen LogP contribution in [0.5, 0.6) is 0 Å². The van der Waals surface area contributed by atoms with E-state index >= 15 is 0 Å². The van der Waals surface area contributed by atoms with E-state index in [4.69, 9.17) is 5.73 Å². The van der Waals surface area contributed by atoms with E-state index in [-0.39, 0.29) is 17.4 Å². The fourth-order valence-electron chi connectivity index (χ4n) is 2.61. The Bertz CT molecular complexity index is 406. The van der Waals surface area contributed by atoms with Crippen molar-refractivity contribution in [3.63, 3.8) is 0 Å². The van der Waals surface area contributed by atoms with Crippen LogP contribution in [-0.4, -0.2) is 24.4 Å². The summed E-state index contributed by atoms with van der Waals surface area (Å²) in [7, 11) is 1.88. The number of carbonyl (C=O) groups excluding carboxylic acids is 1. The molecule has 1 saturated carbocycles. The molecule has 2 N–H and O–H groups in total. The van der Waals surface area contributed by atoms with Crippen LogP contribution in [0.25, 0.3) is 0 Å². The highest BCUT2D eigenvalue weighted by Crippen LogP contribution is 2.42. The van der Waals surface area contributed by atoms with Crippen molar-refractivity contribution in [2.45, 2.75) is 32.2 Å². The third-order valence-corrected chi connectivity index (χ3v) is 4.34. The Morgan fingerprint density at radius 3 is 2.44 bits per heavy atom. The molecule has 0 aromatic heterocycles. The summed E-state index contributed by atoms with van der Waals surface area (Å²) in [4.78, 5) is 14.4. The van der Waals surface area contributed by atoms with Crippen molar-refractivity contribution in [1.82, 2.24) is 4.90 Å². The van der Waals surface area contributed by atoms with Crippen molar-refractivity contribution in [2.24, 2.45) is 11.1 Å². The zero-order valence-electron chi connectivity index (χ0n) is 11.2. The number of hydrogen-bond donors (Lipinski definition) is 1. The lowest BCUT2D eigenvalue weighted by Crippen LogP contribution is -2.51. The van der Waals surface area contributed by atoms with E-state index in [0.29, 0.717) is 6.54 Å². The first-order valence-electron chi connectivity index (χ1n) is 6.63. The van der Waals surface area contributed by atoms with Crippen molar-refractivity contribution in [1.29, 1.82) is 0 Å². The lowest BCUT2D eigenvalue weighted by Gasteiger charge is -2.43. The van der Waals surface area contributed by atoms with Crippen LogP contribution in [0, 0.1) is 5.41 Å². The van der Waals surface area contributed by atoms with Gasteiger partial charge in [0.05, 0.1) is 11.5 Å². The summed E-state index contributed by atoms with van der Waals surface area (Å²) < 4.78 is 0. The summed E-state index contributed by atoms with van der Waals surface area (Å²) in [6.07, 6.45) is 3.00. The van der Waals surface area contributed by atoms with Crippen LogP contribution in [-0.2, 0) is 4.79 Å². The Hall–Kier alpha value is -1.35. The Balaban J connectivity index is 2.11. The zero-order chi connectivity index (χ0) is 13.2. The van der Waals surface area contributed by atoms with Crippen molar-refractivity contribution in [3.8, 4) is 0 Å². The molecule has 3 heteroatoms. The maximum Gasteiger partial charge on any atom is 0.230 e. The molecule has 1 aromatic carbocycles. The molecule has 0 saturated heterocycles. The van der Waals surface area contributed by atoms with Crippen LogP contribution >= 0.6 is 0 Å². The smallest absolute Gasteiger partial charge is 0.230 e. The number of carbonyl (C=O) groups is 1. The van der Waals surface area contributed by atoms with Gasteiger partial charge >= 0.3 is 0 Å². The van der Waals surface area contributed by atoms with Gasteiger partial charge in [0.1, 0.15) is 0 Å². The highest BCUT2D eigenvalue weighted by molar-refractivity contribution is 5.84. The molecule has 0 radical (unpaired) electrons. The quantitative estimate of drug-likeness (QED) is 0.886. The number of hydrogen-bond acceptors (Lipinski definition) is 2. The molecule has 1 aliphatic carbocycles. The fourth-order valence-corrected chi connectivity index (χ4v) is 2.61. The summed E-state index contributed by atoms with van der Waals surface area (Å²) in [5.74, 6) is 0.201. The van der Waals surface area contributed by atoms with Crippen LogP contribution in [0.4, 0.5) is 0 Å². The first-order chi connectivity index (χ1) is 8.60. The van der Waals surface area contributed by atoms with Crippen LogP contribution in [0.3, 0.4) is 0 Å². The average molecular weight is 246 g/mol. The molecule has 1 atom stereocenters. The summed E-state index contributed by atoms with van der Waals surface area (Å²) in [5.41, 5.74) is 6.69. The standard InChI is InChI=1S/C15H22N2O/c1-12(13-7-4-3-5-8-13)17(2)14(18)15(11-16)9-6-10-15/h3-5,7-8,12H,6,9-11,16H2,1-2H3. The first-order valence-corrected chi connectivity index (χ1v) is 6.63. The molecule has 1 aromatic rings. The van der Waals surface area contributed by atoms with E-state index in [1.807, 2.05) is 30.1 Å². The SMILES string of the molecule is CC(c1ccccc1)N(C)C(=O)C1(CN)CCC1. The van der Waals surface area contributed by atoms with E-state index in [0.717, 1.165) is 19.3 Å². The van der Waals surface area contributed by atoms with Crippen LogP contribution in [0.2, 0.25) is 0 Å². The summed E-state index contributed by atoms with van der Waals surface area (Å²) >= 11 is 0. The second kappa shape index (κ2) is 5.11. The monoisotopic (exact) mass is 246 g/mol. The minimum atomic E-state index is -0.280. The Morgan fingerprint density at radius 1 is 1.39 bits per heavy atom. The van der Waals surface area contributed by atoms with Crippen LogP contribution < -0.4 is 5.73 Å². The third-order valence-electron chi connectivity index (χ3n) is 4.34. The highest BCUT2D eigenvalue weighted by Gasteiger charge is 2.45. The molecule has 0 spiro atoms. The van der Waals surface area contributed by atoms with Crippen molar-refractivity contribution < 1.29 is 4.79 Å². The van der Waals surface area contributed by atoms with E-state index in [9.17, 15) is 4.79 Å². The predicted molar refractivity (Wildman–Crippen MR) is 73.0 cm³/mol. The Labute approximate surface area is 109 Å². The molecule has 1 fully saturated rings. The molecular formula is C15H22N2O. The van der Waals surface area contributed by atoms with Crippen molar-refractivity contribution in [2.75, 3.05) is 13.6 Å². The molecule has 0 heterocycles. The van der Waals surface area contributed by atoms with E-state index in [1.54, 1.807) is 0 Å². The van der Waals surface area contributed by atoms with E-state index < -0.39 is 0 Å². The largest absolute Gasteiger partial charge is 0.338 e. The minimum absolute atomic E-state index is 0.0997. The van der Waals surface area contributed by atoms with Crippen LogP contribution in [0.1, 0.15) is 37.8 Å². The second-order valence-corrected chi connectivity index (χ2v) is 5.34. The third kappa shape index (κ3) is 2.15. The molecule has 1 aliphatic rings. The number of nitrogens with zero attached hydrogens (tertiary/aromatic N) is 1. The lowest BCUT2D eigenvalue weighted by atomic mass is 9.67. The van der Waals surface area contributed by atoms with Gasteiger partial charge in [-0.1, -0.05) is 36.8 Å². The van der Waals surface area contributed by atoms with Gasteiger partial charge in [-0.15, -0.1) is 0 Å². The van der Waals surface area contributed by atoms with Crippen molar-refractivity contribution in [3.05, 3.63) is 35.9 Å². The Morgan fingerprint density at radius 2 is 2.00 bits per heavy atom. The van der Waals surface area contributed by atoms with Gasteiger partial charge in [-0.05, 0) is 25.3 Å².